The Morgan fingerprint density at radius 2 is 2.05 bits per heavy atom. The highest BCUT2D eigenvalue weighted by Crippen LogP contribution is 2.48. The van der Waals surface area contributed by atoms with E-state index in [4.69, 9.17) is 21.1 Å². The third kappa shape index (κ3) is 5.56. The molecule has 7 nitrogen and oxygen atoms in total. The molecule has 2 heterocycles. The van der Waals surface area contributed by atoms with E-state index < -0.39 is 11.6 Å². The largest absolute Gasteiger partial charge is 0.490 e. The van der Waals surface area contributed by atoms with Gasteiger partial charge < -0.3 is 29.5 Å². The minimum absolute atomic E-state index is 0.0396. The van der Waals surface area contributed by atoms with Gasteiger partial charge in [0.2, 0.25) is 0 Å². The Labute approximate surface area is 259 Å². The number of fused-ring (bicyclic) bond motifs is 4. The number of halogens is 1. The summed E-state index contributed by atoms with van der Waals surface area (Å²) in [7, 11) is 3.68. The fourth-order valence-electron chi connectivity index (χ4n) is 7.69. The molecule has 1 spiro atoms. The lowest BCUT2D eigenvalue weighted by Crippen LogP contribution is -2.49. The second-order valence-corrected chi connectivity index (χ2v) is 13.5. The number of rotatable bonds is 2. The van der Waals surface area contributed by atoms with E-state index in [1.54, 1.807) is 13.2 Å². The lowest BCUT2D eigenvalue weighted by atomic mass is 9.68. The Kier molecular flexibility index (Phi) is 8.26. The normalized spacial score (nSPS) is 31.7. The van der Waals surface area contributed by atoms with E-state index in [0.717, 1.165) is 62.3 Å². The van der Waals surface area contributed by atoms with Crippen LogP contribution in [0.2, 0.25) is 5.02 Å². The molecule has 0 radical (unpaired) electrons. The average molecular weight is 607 g/mol. The van der Waals surface area contributed by atoms with Gasteiger partial charge in [-0.05, 0) is 91.3 Å². The zero-order chi connectivity index (χ0) is 30.4. The van der Waals surface area contributed by atoms with Crippen LogP contribution in [-0.2, 0) is 27.0 Å². The first-order valence-corrected chi connectivity index (χ1v) is 15.9. The van der Waals surface area contributed by atoms with E-state index in [0.29, 0.717) is 42.0 Å². The summed E-state index contributed by atoms with van der Waals surface area (Å²) in [6, 6.07) is 11.6. The van der Waals surface area contributed by atoms with Crippen LogP contribution in [0.3, 0.4) is 0 Å². The van der Waals surface area contributed by atoms with E-state index in [1.165, 1.54) is 11.1 Å². The molecule has 6 rings (SSSR count). The summed E-state index contributed by atoms with van der Waals surface area (Å²) < 4.78 is 12.6. The summed E-state index contributed by atoms with van der Waals surface area (Å²) in [6.45, 7) is 6.86. The van der Waals surface area contributed by atoms with Crippen LogP contribution in [0.25, 0.3) is 0 Å². The maximum Gasteiger partial charge on any atom is 0.340 e. The molecule has 2 bridgehead atoms. The molecule has 0 amide bonds. The van der Waals surface area contributed by atoms with Crippen molar-refractivity contribution in [2.45, 2.75) is 62.1 Å². The van der Waals surface area contributed by atoms with E-state index >= 15 is 0 Å². The molecule has 2 aromatic carbocycles. The van der Waals surface area contributed by atoms with Crippen molar-refractivity contribution < 1.29 is 24.5 Å². The average Bonchev–Trinajstić information content (AvgIpc) is 3.12. The Morgan fingerprint density at radius 1 is 1.21 bits per heavy atom. The van der Waals surface area contributed by atoms with Crippen molar-refractivity contribution >= 4 is 23.3 Å². The summed E-state index contributed by atoms with van der Waals surface area (Å²) in [5, 5.41) is 22.8. The number of carboxylic acid groups (broad SMARTS) is 1. The molecule has 1 saturated carbocycles. The number of aliphatic carboxylic acids is 1. The van der Waals surface area contributed by atoms with Crippen LogP contribution in [0.4, 0.5) is 5.69 Å². The van der Waals surface area contributed by atoms with E-state index in [-0.39, 0.29) is 17.9 Å². The number of aryl methyl sites for hydroxylation is 1. The molecular formula is C35H43ClN2O5. The molecule has 2 aliphatic heterocycles. The molecule has 5 atom stereocenters. The lowest BCUT2D eigenvalue weighted by Gasteiger charge is -2.46. The van der Waals surface area contributed by atoms with Gasteiger partial charge >= 0.3 is 5.97 Å². The second-order valence-electron chi connectivity index (χ2n) is 13.0. The maximum atomic E-state index is 12.7. The molecule has 0 unspecified atom stereocenters. The fraction of sp³-hybridized carbons (Fsp3) is 0.514. The summed E-state index contributed by atoms with van der Waals surface area (Å²) in [6.07, 6.45) is 10.3. The topological polar surface area (TPSA) is 82.5 Å². The Morgan fingerprint density at radius 3 is 2.79 bits per heavy atom. The van der Waals surface area contributed by atoms with Gasteiger partial charge in [-0.1, -0.05) is 42.5 Å². The second kappa shape index (κ2) is 11.8. The van der Waals surface area contributed by atoms with Crippen LogP contribution >= 0.6 is 11.6 Å². The number of methoxy groups -OCH3 is 1. The number of carboxylic acids is 1. The number of aliphatic hydroxyl groups is 1. The molecule has 2 aromatic rings. The standard InChI is InChI=1S/C35H43ClN2O5/c1-23-19-35(41,33(39)40)26-10-14-32-30(18-26)38(20-25-9-12-28(25)31(42-3)8-4-5-16-37(23)2)21-34(22-43-32)15-6-7-24-17-27(36)11-13-29(24)34/h4,8,10-11,13-14,17-18,25,28,31,41H,1,5-7,9,12,15-16,19-22H2,2-3H3,(H,39,40)/b8-4+/t25-,28+,31-,34-,35+/m0/s1. The minimum Gasteiger partial charge on any atom is -0.490 e. The first kappa shape index (κ1) is 30.0. The predicted octanol–water partition coefficient (Wildman–Crippen LogP) is 5.92. The van der Waals surface area contributed by atoms with Crippen molar-refractivity contribution in [2.24, 2.45) is 11.8 Å². The quantitative estimate of drug-likeness (QED) is 0.411. The van der Waals surface area contributed by atoms with Gasteiger partial charge in [0.25, 0.3) is 0 Å². The van der Waals surface area contributed by atoms with E-state index in [9.17, 15) is 15.0 Å². The first-order chi connectivity index (χ1) is 20.6. The Balaban J connectivity index is 1.46. The summed E-state index contributed by atoms with van der Waals surface area (Å²) in [5.74, 6) is 0.219. The summed E-state index contributed by atoms with van der Waals surface area (Å²) >= 11 is 6.42. The van der Waals surface area contributed by atoms with Gasteiger partial charge in [-0.3, -0.25) is 0 Å². The zero-order valence-electron chi connectivity index (χ0n) is 25.2. The van der Waals surface area contributed by atoms with Crippen LogP contribution in [-0.4, -0.2) is 67.6 Å². The van der Waals surface area contributed by atoms with Crippen molar-refractivity contribution in [1.82, 2.24) is 4.90 Å². The minimum atomic E-state index is -2.13. The molecule has 2 aliphatic carbocycles. The number of carbonyl (C=O) groups is 1. The van der Waals surface area contributed by atoms with Crippen molar-refractivity contribution in [2.75, 3.05) is 45.3 Å². The highest BCUT2D eigenvalue weighted by atomic mass is 35.5. The third-order valence-corrected chi connectivity index (χ3v) is 10.7. The number of anilines is 1. The number of ether oxygens (including phenoxy) is 2. The van der Waals surface area contributed by atoms with Crippen LogP contribution < -0.4 is 9.64 Å². The van der Waals surface area contributed by atoms with Gasteiger partial charge in [-0.15, -0.1) is 0 Å². The molecule has 43 heavy (non-hydrogen) atoms. The van der Waals surface area contributed by atoms with Gasteiger partial charge in [-0.25, -0.2) is 4.79 Å². The smallest absolute Gasteiger partial charge is 0.340 e. The molecule has 230 valence electrons. The van der Waals surface area contributed by atoms with Crippen molar-refractivity contribution in [3.63, 3.8) is 0 Å². The molecule has 8 heteroatoms. The van der Waals surface area contributed by atoms with Gasteiger partial charge in [0.05, 0.1) is 18.4 Å². The zero-order valence-corrected chi connectivity index (χ0v) is 26.0. The molecule has 0 aromatic heterocycles. The first-order valence-electron chi connectivity index (χ1n) is 15.5. The third-order valence-electron chi connectivity index (χ3n) is 10.5. The van der Waals surface area contributed by atoms with Gasteiger partial charge in [-0.2, -0.15) is 0 Å². The van der Waals surface area contributed by atoms with Crippen LogP contribution in [0.15, 0.2) is 60.8 Å². The van der Waals surface area contributed by atoms with Gasteiger partial charge in [0.1, 0.15) is 5.75 Å². The molecule has 1 fully saturated rings. The van der Waals surface area contributed by atoms with Crippen molar-refractivity contribution in [1.29, 1.82) is 0 Å². The lowest BCUT2D eigenvalue weighted by molar-refractivity contribution is -0.160. The maximum absolute atomic E-state index is 12.7. The highest BCUT2D eigenvalue weighted by molar-refractivity contribution is 6.30. The summed E-state index contributed by atoms with van der Waals surface area (Å²) in [4.78, 5) is 17.0. The van der Waals surface area contributed by atoms with Crippen LogP contribution in [0, 0.1) is 11.8 Å². The SMILES string of the molecule is C=C1C[C@](O)(C(=O)O)c2ccc3c(c2)N(C[C@@H]2CC[C@H]2[C@@H](OC)/C=C/CCN1C)C[C@@]1(CCCc2cc(Cl)ccc21)CO3. The molecule has 2 N–H and O–H groups in total. The Hall–Kier alpha value is -3.00. The monoisotopic (exact) mass is 606 g/mol. The molecule has 4 aliphatic rings. The predicted molar refractivity (Wildman–Crippen MR) is 169 cm³/mol. The van der Waals surface area contributed by atoms with Crippen molar-refractivity contribution in [3.8, 4) is 5.75 Å². The van der Waals surface area contributed by atoms with Crippen LogP contribution in [0.1, 0.15) is 55.2 Å². The number of hydrogen-bond donors (Lipinski definition) is 2. The summed E-state index contributed by atoms with van der Waals surface area (Å²) in [5.41, 5.74) is 1.92. The number of benzene rings is 2. The molecular weight excluding hydrogens is 564 g/mol. The molecule has 0 saturated heterocycles. The van der Waals surface area contributed by atoms with Gasteiger partial charge in [0.15, 0.2) is 5.60 Å². The highest BCUT2D eigenvalue weighted by Gasteiger charge is 2.46. The van der Waals surface area contributed by atoms with Crippen LogP contribution in [0.5, 0.6) is 5.75 Å². The number of hydrogen-bond acceptors (Lipinski definition) is 6. The van der Waals surface area contributed by atoms with E-state index in [2.05, 4.69) is 35.8 Å². The van der Waals surface area contributed by atoms with Gasteiger partial charge in [0, 0.05) is 56.3 Å². The fourth-order valence-corrected chi connectivity index (χ4v) is 7.89. The van der Waals surface area contributed by atoms with E-state index in [1.807, 2.05) is 30.1 Å². The number of nitrogens with zero attached hydrogens (tertiary/aromatic N) is 2. The van der Waals surface area contributed by atoms with Crippen molar-refractivity contribution in [3.05, 3.63) is 82.5 Å². The Bertz CT molecular complexity index is 1430.